The van der Waals surface area contributed by atoms with E-state index < -0.39 is 11.6 Å². The molecule has 218 valence electrons. The average molecular weight is 549 g/mol. The number of hydrogen-bond donors (Lipinski definition) is 0. The van der Waals surface area contributed by atoms with Crippen LogP contribution in [0.5, 0.6) is 5.75 Å². The molecule has 2 aromatic carbocycles. The fourth-order valence-electron chi connectivity index (χ4n) is 8.34. The maximum absolute atomic E-state index is 14.6. The molecule has 5 rings (SSSR count). The van der Waals surface area contributed by atoms with Crippen molar-refractivity contribution in [3.8, 4) is 5.75 Å². The van der Waals surface area contributed by atoms with Crippen LogP contribution in [0.1, 0.15) is 120 Å². The molecule has 0 saturated heterocycles. The lowest BCUT2D eigenvalue weighted by Gasteiger charge is -2.45. The Balaban J connectivity index is 1.09. The van der Waals surface area contributed by atoms with Gasteiger partial charge in [0, 0.05) is 0 Å². The first-order valence-corrected chi connectivity index (χ1v) is 16.3. The summed E-state index contributed by atoms with van der Waals surface area (Å²) in [6.45, 7) is 4.51. The van der Waals surface area contributed by atoms with Crippen LogP contribution in [0.15, 0.2) is 48.6 Å². The van der Waals surface area contributed by atoms with Crippen molar-refractivity contribution >= 4 is 0 Å². The summed E-state index contributed by atoms with van der Waals surface area (Å²) < 4.78 is 34.7. The number of aryl methyl sites for hydroxylation is 1. The first-order chi connectivity index (χ1) is 19.6. The summed E-state index contributed by atoms with van der Waals surface area (Å²) in [6.07, 6.45) is 22.2. The molecule has 3 fully saturated rings. The number of rotatable bonds is 10. The molecule has 0 N–H and O–H groups in total. The SMILES string of the molecule is CC=CCCc1ccc(OCc2ccc(C3CCC4CC(C5CCC(CCC)CC5)CCC4C3)cc2)c(F)c1F. The molecule has 0 spiro atoms. The average Bonchev–Trinajstić information content (AvgIpc) is 2.99. The second-order valence-electron chi connectivity index (χ2n) is 13.2. The first-order valence-electron chi connectivity index (χ1n) is 16.3. The van der Waals surface area contributed by atoms with Crippen LogP contribution >= 0.6 is 0 Å². The minimum Gasteiger partial charge on any atom is -0.486 e. The van der Waals surface area contributed by atoms with Crippen molar-refractivity contribution in [1.82, 2.24) is 0 Å². The third-order valence-corrected chi connectivity index (χ3v) is 10.7. The van der Waals surface area contributed by atoms with E-state index in [4.69, 9.17) is 4.74 Å². The van der Waals surface area contributed by atoms with Gasteiger partial charge in [0.2, 0.25) is 5.82 Å². The zero-order valence-corrected chi connectivity index (χ0v) is 24.9. The van der Waals surface area contributed by atoms with E-state index in [0.717, 1.165) is 35.2 Å². The lowest BCUT2D eigenvalue weighted by Crippen LogP contribution is -2.34. The van der Waals surface area contributed by atoms with Crippen LogP contribution in [0.3, 0.4) is 0 Å². The Labute approximate surface area is 241 Å². The van der Waals surface area contributed by atoms with Crippen molar-refractivity contribution in [2.75, 3.05) is 0 Å². The van der Waals surface area contributed by atoms with Crippen LogP contribution in [0.25, 0.3) is 0 Å². The monoisotopic (exact) mass is 548 g/mol. The van der Waals surface area contributed by atoms with Crippen molar-refractivity contribution in [3.63, 3.8) is 0 Å². The first kappa shape index (κ1) is 29.3. The smallest absolute Gasteiger partial charge is 0.200 e. The Morgan fingerprint density at radius 1 is 0.775 bits per heavy atom. The number of allylic oxidation sites excluding steroid dienone is 2. The number of ether oxygens (including phenoxy) is 1. The molecule has 3 heteroatoms. The molecule has 0 bridgehead atoms. The highest BCUT2D eigenvalue weighted by Crippen LogP contribution is 2.51. The predicted molar refractivity (Wildman–Crippen MR) is 162 cm³/mol. The molecule has 2 aromatic rings. The van der Waals surface area contributed by atoms with E-state index in [1.54, 1.807) is 12.1 Å². The molecule has 0 radical (unpaired) electrons. The van der Waals surface area contributed by atoms with E-state index in [1.165, 1.54) is 82.6 Å². The summed E-state index contributed by atoms with van der Waals surface area (Å²) in [7, 11) is 0. The van der Waals surface area contributed by atoms with E-state index in [2.05, 4.69) is 31.2 Å². The molecule has 4 unspecified atom stereocenters. The number of hydrogen-bond acceptors (Lipinski definition) is 1. The molecule has 40 heavy (non-hydrogen) atoms. The Morgan fingerprint density at radius 3 is 2.17 bits per heavy atom. The minimum absolute atomic E-state index is 0.0145. The van der Waals surface area contributed by atoms with Gasteiger partial charge in [-0.25, -0.2) is 4.39 Å². The molecule has 0 aromatic heterocycles. The van der Waals surface area contributed by atoms with Crippen LogP contribution in [-0.4, -0.2) is 0 Å². The maximum atomic E-state index is 14.6. The summed E-state index contributed by atoms with van der Waals surface area (Å²) in [6, 6.07) is 11.9. The van der Waals surface area contributed by atoms with Gasteiger partial charge in [-0.1, -0.05) is 75.1 Å². The second-order valence-corrected chi connectivity index (χ2v) is 13.2. The third-order valence-electron chi connectivity index (χ3n) is 10.7. The fraction of sp³-hybridized carbons (Fsp3) is 0.622. The quantitative estimate of drug-likeness (QED) is 0.268. The van der Waals surface area contributed by atoms with E-state index in [1.807, 2.05) is 19.1 Å². The molecule has 3 saturated carbocycles. The van der Waals surface area contributed by atoms with Gasteiger partial charge >= 0.3 is 0 Å². The summed E-state index contributed by atoms with van der Waals surface area (Å²) in [4.78, 5) is 0. The summed E-state index contributed by atoms with van der Waals surface area (Å²) in [5.41, 5.74) is 2.81. The fourth-order valence-corrected chi connectivity index (χ4v) is 8.34. The largest absolute Gasteiger partial charge is 0.486 e. The van der Waals surface area contributed by atoms with Crippen molar-refractivity contribution < 1.29 is 13.5 Å². The van der Waals surface area contributed by atoms with E-state index in [-0.39, 0.29) is 12.4 Å². The number of halogens is 2. The standard InChI is InChI=1S/C37H50F2O/c1-3-5-6-8-30-21-22-35(37(39)36(30)38)40-25-27-11-15-29(16-12-27)32-18-20-33-23-31(17-19-34(33)24-32)28-13-9-26(7-4-2)10-14-28/h3,5,11-12,15-16,21-22,26,28,31-34H,4,6-10,13-14,17-20,23-25H2,1-2H3. The van der Waals surface area contributed by atoms with Gasteiger partial charge in [0.25, 0.3) is 0 Å². The molecule has 3 aliphatic carbocycles. The summed E-state index contributed by atoms with van der Waals surface area (Å²) in [5, 5.41) is 0. The van der Waals surface area contributed by atoms with Crippen LogP contribution in [0, 0.1) is 41.2 Å². The Hall–Kier alpha value is -2.16. The molecule has 0 heterocycles. The van der Waals surface area contributed by atoms with Crippen molar-refractivity contribution in [2.45, 2.75) is 116 Å². The summed E-state index contributed by atoms with van der Waals surface area (Å²) >= 11 is 0. The van der Waals surface area contributed by atoms with Gasteiger partial charge in [0.15, 0.2) is 11.6 Å². The molecule has 1 nitrogen and oxygen atoms in total. The maximum Gasteiger partial charge on any atom is 0.200 e. The lowest BCUT2D eigenvalue weighted by atomic mass is 9.60. The molecular formula is C37H50F2O. The van der Waals surface area contributed by atoms with Gasteiger partial charge in [0.1, 0.15) is 6.61 Å². The topological polar surface area (TPSA) is 9.23 Å². The number of fused-ring (bicyclic) bond motifs is 1. The van der Waals surface area contributed by atoms with Gasteiger partial charge in [-0.2, -0.15) is 4.39 Å². The normalized spacial score (nSPS) is 28.9. The predicted octanol–water partition coefficient (Wildman–Crippen LogP) is 11.0. The van der Waals surface area contributed by atoms with E-state index in [9.17, 15) is 8.78 Å². The number of benzene rings is 2. The van der Waals surface area contributed by atoms with E-state index >= 15 is 0 Å². The Kier molecular flexibility index (Phi) is 10.4. The Morgan fingerprint density at radius 2 is 1.45 bits per heavy atom. The van der Waals surface area contributed by atoms with Gasteiger partial charge in [0.05, 0.1) is 0 Å². The van der Waals surface area contributed by atoms with Crippen LogP contribution in [0.2, 0.25) is 0 Å². The van der Waals surface area contributed by atoms with Gasteiger partial charge in [-0.05, 0) is 129 Å². The molecular weight excluding hydrogens is 498 g/mol. The van der Waals surface area contributed by atoms with Gasteiger partial charge in [-0.15, -0.1) is 0 Å². The molecule has 4 atom stereocenters. The van der Waals surface area contributed by atoms with Crippen LogP contribution in [0.4, 0.5) is 8.78 Å². The highest BCUT2D eigenvalue weighted by molar-refractivity contribution is 5.32. The highest BCUT2D eigenvalue weighted by atomic mass is 19.2. The van der Waals surface area contributed by atoms with Crippen LogP contribution in [-0.2, 0) is 13.0 Å². The second kappa shape index (κ2) is 14.1. The zero-order valence-electron chi connectivity index (χ0n) is 24.9. The van der Waals surface area contributed by atoms with Crippen LogP contribution < -0.4 is 4.74 Å². The van der Waals surface area contributed by atoms with E-state index in [0.29, 0.717) is 24.3 Å². The molecule has 0 aliphatic heterocycles. The molecule has 0 amide bonds. The zero-order chi connectivity index (χ0) is 27.9. The van der Waals surface area contributed by atoms with Gasteiger partial charge < -0.3 is 4.74 Å². The van der Waals surface area contributed by atoms with Gasteiger partial charge in [-0.3, -0.25) is 0 Å². The Bertz CT molecular complexity index is 1100. The lowest BCUT2D eigenvalue weighted by molar-refractivity contribution is 0.0712. The molecule has 3 aliphatic rings. The minimum atomic E-state index is -0.884. The summed E-state index contributed by atoms with van der Waals surface area (Å²) in [5.74, 6) is 3.82. The van der Waals surface area contributed by atoms with Crippen molar-refractivity contribution in [1.29, 1.82) is 0 Å². The highest BCUT2D eigenvalue weighted by Gasteiger charge is 2.39. The van der Waals surface area contributed by atoms with Crippen molar-refractivity contribution in [3.05, 3.63) is 76.9 Å². The third kappa shape index (κ3) is 7.18. The van der Waals surface area contributed by atoms with Crippen molar-refractivity contribution in [2.24, 2.45) is 29.6 Å².